The standard InChI is InChI=1S/C14H12ClF3N2O4/c1-19-13(23)20-11(21)7-24-12(22)5-3-8-2-4-10(15)9(6-8)14(16,17)18/h2-6H,7H2,1H3,(H2,19,20,21,23)/b5-3+. The van der Waals surface area contributed by atoms with Crippen LogP contribution in [0.2, 0.25) is 5.02 Å². The molecule has 1 aromatic carbocycles. The van der Waals surface area contributed by atoms with Crippen molar-refractivity contribution in [1.82, 2.24) is 10.6 Å². The third-order valence-corrected chi connectivity index (χ3v) is 2.86. The topological polar surface area (TPSA) is 84.5 Å². The van der Waals surface area contributed by atoms with E-state index < -0.39 is 41.3 Å². The van der Waals surface area contributed by atoms with Crippen LogP contribution in [0.5, 0.6) is 0 Å². The van der Waals surface area contributed by atoms with Gasteiger partial charge in [0, 0.05) is 13.1 Å². The molecule has 2 N–H and O–H groups in total. The van der Waals surface area contributed by atoms with Crippen molar-refractivity contribution in [3.63, 3.8) is 0 Å². The third-order valence-electron chi connectivity index (χ3n) is 2.53. The van der Waals surface area contributed by atoms with Gasteiger partial charge in [0.05, 0.1) is 10.6 Å². The molecule has 0 radical (unpaired) electrons. The van der Waals surface area contributed by atoms with Crippen LogP contribution in [-0.4, -0.2) is 31.6 Å². The largest absolute Gasteiger partial charge is 0.452 e. The molecule has 0 heterocycles. The van der Waals surface area contributed by atoms with Gasteiger partial charge >= 0.3 is 18.2 Å². The number of amides is 3. The van der Waals surface area contributed by atoms with Crippen molar-refractivity contribution >= 4 is 35.6 Å². The molecule has 0 atom stereocenters. The molecule has 0 saturated heterocycles. The fraction of sp³-hybridized carbons (Fsp3) is 0.214. The van der Waals surface area contributed by atoms with Gasteiger partial charge in [-0.05, 0) is 23.8 Å². The van der Waals surface area contributed by atoms with E-state index in [1.54, 1.807) is 0 Å². The Labute approximate surface area is 139 Å². The maximum atomic E-state index is 12.7. The molecule has 0 aromatic heterocycles. The van der Waals surface area contributed by atoms with Crippen molar-refractivity contribution in [3.05, 3.63) is 40.4 Å². The van der Waals surface area contributed by atoms with Gasteiger partial charge in [0.2, 0.25) is 0 Å². The van der Waals surface area contributed by atoms with Gasteiger partial charge in [-0.1, -0.05) is 17.7 Å². The number of nitrogens with one attached hydrogen (secondary N) is 2. The van der Waals surface area contributed by atoms with Crippen LogP contribution in [0.3, 0.4) is 0 Å². The molecule has 24 heavy (non-hydrogen) atoms. The average Bonchev–Trinajstić information content (AvgIpc) is 2.50. The molecule has 1 aromatic rings. The molecule has 0 fully saturated rings. The number of halogens is 4. The number of ether oxygens (including phenoxy) is 1. The number of carbonyl (C=O) groups excluding carboxylic acids is 3. The summed E-state index contributed by atoms with van der Waals surface area (Å²) in [5.74, 6) is -1.83. The molecule has 1 rings (SSSR count). The molecular formula is C14H12ClF3N2O4. The summed E-state index contributed by atoms with van der Waals surface area (Å²) in [5, 5.41) is 3.52. The molecule has 0 aliphatic rings. The highest BCUT2D eigenvalue weighted by atomic mass is 35.5. The first-order chi connectivity index (χ1) is 11.1. The maximum Gasteiger partial charge on any atom is 0.417 e. The predicted octanol–water partition coefficient (Wildman–Crippen LogP) is 2.37. The summed E-state index contributed by atoms with van der Waals surface area (Å²) in [6.07, 6.45) is -2.71. The number of hydrogen-bond acceptors (Lipinski definition) is 4. The van der Waals surface area contributed by atoms with E-state index in [1.165, 1.54) is 13.1 Å². The maximum absolute atomic E-state index is 12.7. The second-order valence-electron chi connectivity index (χ2n) is 4.31. The van der Waals surface area contributed by atoms with Gasteiger partial charge in [-0.15, -0.1) is 0 Å². The molecule has 0 saturated carbocycles. The highest BCUT2D eigenvalue weighted by Crippen LogP contribution is 2.35. The van der Waals surface area contributed by atoms with Gasteiger partial charge in [-0.3, -0.25) is 10.1 Å². The number of urea groups is 1. The van der Waals surface area contributed by atoms with Gasteiger partial charge in [-0.25, -0.2) is 9.59 Å². The Morgan fingerprint density at radius 3 is 2.54 bits per heavy atom. The fourth-order valence-corrected chi connectivity index (χ4v) is 1.66. The Bertz CT molecular complexity index is 674. The van der Waals surface area contributed by atoms with Crippen LogP contribution in [0.4, 0.5) is 18.0 Å². The van der Waals surface area contributed by atoms with E-state index >= 15 is 0 Å². The third kappa shape index (κ3) is 6.29. The minimum atomic E-state index is -4.63. The normalized spacial score (nSPS) is 11.2. The SMILES string of the molecule is CNC(=O)NC(=O)COC(=O)/C=C/c1ccc(Cl)c(C(F)(F)F)c1. The molecule has 6 nitrogen and oxygen atoms in total. The lowest BCUT2D eigenvalue weighted by Crippen LogP contribution is -2.39. The van der Waals surface area contributed by atoms with Crippen molar-refractivity contribution in [3.8, 4) is 0 Å². The zero-order chi connectivity index (χ0) is 18.3. The van der Waals surface area contributed by atoms with Crippen molar-refractivity contribution in [2.45, 2.75) is 6.18 Å². The van der Waals surface area contributed by atoms with Crippen molar-refractivity contribution in [2.75, 3.05) is 13.7 Å². The van der Waals surface area contributed by atoms with Crippen LogP contribution < -0.4 is 10.6 Å². The van der Waals surface area contributed by atoms with Crippen LogP contribution >= 0.6 is 11.6 Å². The first kappa shape index (κ1) is 19.5. The molecule has 0 spiro atoms. The highest BCUT2D eigenvalue weighted by molar-refractivity contribution is 6.31. The summed E-state index contributed by atoms with van der Waals surface area (Å²) in [6, 6.07) is 2.32. The lowest BCUT2D eigenvalue weighted by atomic mass is 10.1. The molecule has 0 unspecified atom stereocenters. The fourth-order valence-electron chi connectivity index (χ4n) is 1.44. The van der Waals surface area contributed by atoms with E-state index in [4.69, 9.17) is 11.6 Å². The summed E-state index contributed by atoms with van der Waals surface area (Å²) >= 11 is 5.47. The van der Waals surface area contributed by atoms with Crippen LogP contribution in [0.1, 0.15) is 11.1 Å². The van der Waals surface area contributed by atoms with E-state index in [0.717, 1.165) is 24.3 Å². The smallest absolute Gasteiger partial charge is 0.417 e. The van der Waals surface area contributed by atoms with Crippen LogP contribution in [0, 0.1) is 0 Å². The predicted molar refractivity (Wildman–Crippen MR) is 79.0 cm³/mol. The van der Waals surface area contributed by atoms with Gasteiger partial charge in [0.15, 0.2) is 6.61 Å². The summed E-state index contributed by atoms with van der Waals surface area (Å²) in [7, 11) is 1.29. The van der Waals surface area contributed by atoms with E-state index in [-0.39, 0.29) is 5.56 Å². The Kier molecular flexibility index (Phi) is 6.78. The minimum absolute atomic E-state index is 0.0680. The highest BCUT2D eigenvalue weighted by Gasteiger charge is 2.33. The summed E-state index contributed by atoms with van der Waals surface area (Å²) in [5.41, 5.74) is -0.969. The van der Waals surface area contributed by atoms with Gasteiger partial charge in [0.1, 0.15) is 0 Å². The zero-order valence-electron chi connectivity index (χ0n) is 12.2. The number of esters is 1. The minimum Gasteiger partial charge on any atom is -0.452 e. The van der Waals surface area contributed by atoms with Crippen LogP contribution in [0.25, 0.3) is 6.08 Å². The van der Waals surface area contributed by atoms with Gasteiger partial charge < -0.3 is 10.1 Å². The van der Waals surface area contributed by atoms with Crippen molar-refractivity contribution in [2.24, 2.45) is 0 Å². The van der Waals surface area contributed by atoms with Crippen molar-refractivity contribution in [1.29, 1.82) is 0 Å². The summed E-state index contributed by atoms with van der Waals surface area (Å²) < 4.78 is 42.6. The quantitative estimate of drug-likeness (QED) is 0.634. The van der Waals surface area contributed by atoms with Gasteiger partial charge in [0.25, 0.3) is 5.91 Å². The van der Waals surface area contributed by atoms with Gasteiger partial charge in [-0.2, -0.15) is 13.2 Å². The first-order valence-corrected chi connectivity index (χ1v) is 6.74. The summed E-state index contributed by atoms with van der Waals surface area (Å²) in [4.78, 5) is 33.4. The second kappa shape index (κ2) is 8.34. The zero-order valence-corrected chi connectivity index (χ0v) is 13.0. The number of benzene rings is 1. The number of carbonyl (C=O) groups is 3. The van der Waals surface area contributed by atoms with Crippen LogP contribution in [0.15, 0.2) is 24.3 Å². The lowest BCUT2D eigenvalue weighted by Gasteiger charge is -2.09. The molecule has 3 amide bonds. The molecule has 0 bridgehead atoms. The second-order valence-corrected chi connectivity index (χ2v) is 4.71. The number of alkyl halides is 3. The van der Waals surface area contributed by atoms with E-state index in [1.807, 2.05) is 5.32 Å². The lowest BCUT2D eigenvalue weighted by molar-refractivity contribution is -0.143. The number of rotatable bonds is 4. The van der Waals surface area contributed by atoms with Crippen LogP contribution in [-0.2, 0) is 20.5 Å². The molecule has 0 aliphatic heterocycles. The van der Waals surface area contributed by atoms with Crippen molar-refractivity contribution < 1.29 is 32.3 Å². The molecule has 10 heteroatoms. The number of hydrogen-bond donors (Lipinski definition) is 2. The van der Waals surface area contributed by atoms with E-state index in [2.05, 4.69) is 10.1 Å². The first-order valence-electron chi connectivity index (χ1n) is 6.36. The Morgan fingerprint density at radius 1 is 1.29 bits per heavy atom. The Hall–Kier alpha value is -2.55. The summed E-state index contributed by atoms with van der Waals surface area (Å²) in [6.45, 7) is -0.717. The van der Waals surface area contributed by atoms with E-state index in [9.17, 15) is 27.6 Å². The monoisotopic (exact) mass is 364 g/mol. The molecular weight excluding hydrogens is 353 g/mol. The molecule has 130 valence electrons. The Morgan fingerprint density at radius 2 is 1.96 bits per heavy atom. The van der Waals surface area contributed by atoms with E-state index in [0.29, 0.717) is 0 Å². The molecule has 0 aliphatic carbocycles. The number of imide groups is 1. The Balaban J connectivity index is 2.65. The average molecular weight is 365 g/mol.